The van der Waals surface area contributed by atoms with Gasteiger partial charge in [0.2, 0.25) is 0 Å². The Bertz CT molecular complexity index is 1450. The van der Waals surface area contributed by atoms with Crippen LogP contribution in [0, 0.1) is 13.8 Å². The largest absolute Gasteiger partial charge is 0.497 e. The van der Waals surface area contributed by atoms with Crippen molar-refractivity contribution in [1.82, 2.24) is 9.47 Å². The number of aryl methyl sites for hydroxylation is 3. The van der Waals surface area contributed by atoms with Gasteiger partial charge in [0.15, 0.2) is 0 Å². The molecule has 2 aromatic carbocycles. The second-order valence-electron chi connectivity index (χ2n) is 9.85. The van der Waals surface area contributed by atoms with Crippen molar-refractivity contribution in [1.29, 1.82) is 0 Å². The highest BCUT2D eigenvalue weighted by Gasteiger charge is 2.36. The summed E-state index contributed by atoms with van der Waals surface area (Å²) in [5.74, 6) is 0.789. The third-order valence-electron chi connectivity index (χ3n) is 7.48. The quantitative estimate of drug-likeness (QED) is 0.326. The summed E-state index contributed by atoms with van der Waals surface area (Å²) in [6, 6.07) is 18.2. The maximum Gasteiger partial charge on any atom is 0.322 e. The monoisotopic (exact) mass is 497 g/mol. The van der Waals surface area contributed by atoms with Crippen LogP contribution < -0.4 is 10.1 Å². The van der Waals surface area contributed by atoms with E-state index in [1.165, 1.54) is 33.8 Å². The second-order valence-corrected chi connectivity index (χ2v) is 10.9. The predicted octanol–water partition coefficient (Wildman–Crippen LogP) is 7.18. The molecule has 3 heterocycles. The third-order valence-corrected chi connectivity index (χ3v) is 8.82. The van der Waals surface area contributed by atoms with Crippen LogP contribution in [0.2, 0.25) is 0 Å². The third kappa shape index (κ3) is 3.90. The smallest absolute Gasteiger partial charge is 0.322 e. The molecule has 0 spiro atoms. The summed E-state index contributed by atoms with van der Waals surface area (Å²) in [7, 11) is 1.68. The van der Waals surface area contributed by atoms with E-state index in [4.69, 9.17) is 4.74 Å². The molecular formula is C30H31N3O2S. The molecule has 36 heavy (non-hydrogen) atoms. The minimum Gasteiger partial charge on any atom is -0.497 e. The zero-order chi connectivity index (χ0) is 24.8. The first-order valence-corrected chi connectivity index (χ1v) is 13.4. The second kappa shape index (κ2) is 9.17. The van der Waals surface area contributed by atoms with Gasteiger partial charge < -0.3 is 19.5 Å². The lowest BCUT2D eigenvalue weighted by Crippen LogP contribution is -2.38. The number of thiophene rings is 1. The van der Waals surface area contributed by atoms with Crippen molar-refractivity contribution in [3.05, 3.63) is 99.2 Å². The van der Waals surface area contributed by atoms with Crippen LogP contribution in [0.5, 0.6) is 5.75 Å². The standard InChI is InChI=1S/C30H31N3O2S/c1-19-13-14-20(2)25(16-19)31-30(34)33-18-24-23-10-4-5-12-27(23)36-29(24)32-15-7-11-26(32)28(33)21-8-6-9-22(17-21)35-3/h6-9,11,13-17,28H,4-5,10,12,18H2,1-3H3,(H,31,34). The van der Waals surface area contributed by atoms with Gasteiger partial charge >= 0.3 is 6.03 Å². The number of ether oxygens (including phenoxy) is 1. The Hall–Kier alpha value is -3.51. The van der Waals surface area contributed by atoms with Crippen LogP contribution >= 0.6 is 11.3 Å². The average Bonchev–Trinajstić information content (AvgIpc) is 3.48. The first kappa shape index (κ1) is 22.9. The maximum absolute atomic E-state index is 14.1. The molecule has 1 atom stereocenters. The molecule has 1 aliphatic carbocycles. The van der Waals surface area contributed by atoms with Crippen LogP contribution in [0.3, 0.4) is 0 Å². The van der Waals surface area contributed by atoms with Gasteiger partial charge in [0, 0.05) is 22.3 Å². The van der Waals surface area contributed by atoms with E-state index in [1.54, 1.807) is 7.11 Å². The number of methoxy groups -OCH3 is 1. The molecule has 2 aromatic heterocycles. The first-order chi connectivity index (χ1) is 17.5. The number of carbonyl (C=O) groups is 1. The van der Waals surface area contributed by atoms with E-state index in [0.29, 0.717) is 6.54 Å². The molecule has 1 N–H and O–H groups in total. The van der Waals surface area contributed by atoms with E-state index in [-0.39, 0.29) is 12.1 Å². The number of urea groups is 1. The fraction of sp³-hybridized carbons (Fsp3) is 0.300. The molecule has 1 aliphatic heterocycles. The number of amides is 2. The zero-order valence-corrected chi connectivity index (χ0v) is 21.8. The molecule has 184 valence electrons. The average molecular weight is 498 g/mol. The molecule has 4 aromatic rings. The topological polar surface area (TPSA) is 46.5 Å². The van der Waals surface area contributed by atoms with Crippen molar-refractivity contribution in [2.24, 2.45) is 0 Å². The summed E-state index contributed by atoms with van der Waals surface area (Å²) in [6.07, 6.45) is 6.83. The molecule has 2 amide bonds. The van der Waals surface area contributed by atoms with Gasteiger partial charge in [-0.05, 0) is 92.1 Å². The van der Waals surface area contributed by atoms with Crippen molar-refractivity contribution in [3.8, 4) is 10.8 Å². The molecule has 0 saturated carbocycles. The van der Waals surface area contributed by atoms with Gasteiger partial charge in [0.1, 0.15) is 10.8 Å². The highest BCUT2D eigenvalue weighted by molar-refractivity contribution is 7.15. The normalized spacial score (nSPS) is 16.5. The van der Waals surface area contributed by atoms with Gasteiger partial charge in [-0.15, -0.1) is 11.3 Å². The Kier molecular flexibility index (Phi) is 5.84. The van der Waals surface area contributed by atoms with Crippen molar-refractivity contribution < 1.29 is 9.53 Å². The fourth-order valence-electron chi connectivity index (χ4n) is 5.61. The minimum absolute atomic E-state index is 0.0899. The molecular weight excluding hydrogens is 466 g/mol. The summed E-state index contributed by atoms with van der Waals surface area (Å²) in [4.78, 5) is 17.6. The Morgan fingerprint density at radius 1 is 1.03 bits per heavy atom. The van der Waals surface area contributed by atoms with Gasteiger partial charge in [-0.2, -0.15) is 0 Å². The van der Waals surface area contributed by atoms with E-state index in [9.17, 15) is 4.79 Å². The number of rotatable bonds is 3. The van der Waals surface area contributed by atoms with Gasteiger partial charge in [-0.25, -0.2) is 4.79 Å². The Morgan fingerprint density at radius 2 is 1.89 bits per heavy atom. The summed E-state index contributed by atoms with van der Waals surface area (Å²) >= 11 is 1.91. The van der Waals surface area contributed by atoms with E-state index in [1.807, 2.05) is 41.4 Å². The maximum atomic E-state index is 14.1. The summed E-state index contributed by atoms with van der Waals surface area (Å²) in [5, 5.41) is 4.51. The summed E-state index contributed by atoms with van der Waals surface area (Å²) in [5.41, 5.74) is 7.92. The zero-order valence-electron chi connectivity index (χ0n) is 21.0. The van der Waals surface area contributed by atoms with Crippen molar-refractivity contribution in [2.75, 3.05) is 12.4 Å². The molecule has 0 bridgehead atoms. The van der Waals surface area contributed by atoms with Crippen molar-refractivity contribution in [2.45, 2.75) is 52.1 Å². The van der Waals surface area contributed by atoms with Crippen LogP contribution in [0.1, 0.15) is 57.3 Å². The Morgan fingerprint density at radius 3 is 2.75 bits per heavy atom. The number of nitrogens with zero attached hydrogens (tertiary/aromatic N) is 2. The van der Waals surface area contributed by atoms with Gasteiger partial charge in [0.05, 0.1) is 25.4 Å². The first-order valence-electron chi connectivity index (χ1n) is 12.6. The number of anilines is 1. The minimum atomic E-state index is -0.251. The lowest BCUT2D eigenvalue weighted by Gasteiger charge is -2.32. The lowest BCUT2D eigenvalue weighted by atomic mass is 9.95. The SMILES string of the molecule is COc1cccc(C2c3cccn3-c3sc4c(c3CN2C(=O)Nc2cc(C)ccc2C)CCCC4)c1. The summed E-state index contributed by atoms with van der Waals surface area (Å²) < 4.78 is 7.88. The molecule has 1 unspecified atom stereocenters. The van der Waals surface area contributed by atoms with Crippen LogP contribution in [-0.2, 0) is 19.4 Å². The molecule has 0 saturated heterocycles. The number of hydrogen-bond acceptors (Lipinski definition) is 3. The van der Waals surface area contributed by atoms with Crippen LogP contribution in [-0.4, -0.2) is 22.6 Å². The fourth-order valence-corrected chi connectivity index (χ4v) is 7.01. The molecule has 0 radical (unpaired) electrons. The number of fused-ring (bicyclic) bond motifs is 5. The molecule has 6 heteroatoms. The number of aromatic nitrogens is 1. The van der Waals surface area contributed by atoms with E-state index in [2.05, 4.69) is 59.4 Å². The van der Waals surface area contributed by atoms with Gasteiger partial charge in [-0.3, -0.25) is 0 Å². The van der Waals surface area contributed by atoms with Crippen LogP contribution in [0.15, 0.2) is 60.8 Å². The lowest BCUT2D eigenvalue weighted by molar-refractivity contribution is 0.194. The number of hydrogen-bond donors (Lipinski definition) is 1. The Labute approximate surface area is 216 Å². The molecule has 0 fully saturated rings. The molecule has 5 nitrogen and oxygen atoms in total. The van der Waals surface area contributed by atoms with Crippen LogP contribution in [0.4, 0.5) is 10.5 Å². The predicted molar refractivity (Wildman–Crippen MR) is 146 cm³/mol. The van der Waals surface area contributed by atoms with E-state index in [0.717, 1.165) is 46.7 Å². The summed E-state index contributed by atoms with van der Waals surface area (Å²) in [6.45, 7) is 4.66. The van der Waals surface area contributed by atoms with Crippen molar-refractivity contribution >= 4 is 23.1 Å². The highest BCUT2D eigenvalue weighted by Crippen LogP contribution is 2.44. The highest BCUT2D eigenvalue weighted by atomic mass is 32.1. The number of benzene rings is 2. The van der Waals surface area contributed by atoms with Gasteiger partial charge in [-0.1, -0.05) is 24.3 Å². The van der Waals surface area contributed by atoms with Crippen molar-refractivity contribution in [3.63, 3.8) is 0 Å². The van der Waals surface area contributed by atoms with E-state index < -0.39 is 0 Å². The number of nitrogens with one attached hydrogen (secondary N) is 1. The Balaban J connectivity index is 1.51. The van der Waals surface area contributed by atoms with Crippen LogP contribution in [0.25, 0.3) is 5.00 Å². The molecule has 2 aliphatic rings. The van der Waals surface area contributed by atoms with E-state index >= 15 is 0 Å². The number of carbonyl (C=O) groups excluding carboxylic acids is 1. The van der Waals surface area contributed by atoms with Gasteiger partial charge in [0.25, 0.3) is 0 Å². The molecule has 6 rings (SSSR count).